The van der Waals surface area contributed by atoms with Gasteiger partial charge in [0.25, 0.3) is 0 Å². The fraction of sp³-hybridized carbons (Fsp3) is 0.111. The van der Waals surface area contributed by atoms with Crippen LogP contribution in [0.25, 0.3) is 10.8 Å². The summed E-state index contributed by atoms with van der Waals surface area (Å²) in [5.41, 5.74) is 6.52. The van der Waals surface area contributed by atoms with E-state index in [9.17, 15) is 0 Å². The normalized spacial score (nSPS) is 12.5. The Morgan fingerprint density at radius 3 is 2.15 bits per heavy atom. The molecule has 0 bridgehead atoms. The zero-order chi connectivity index (χ0) is 13.9. The third-order valence-corrected chi connectivity index (χ3v) is 3.68. The molecule has 0 amide bonds. The molecule has 0 radical (unpaired) electrons. The van der Waals surface area contributed by atoms with Crippen molar-refractivity contribution in [2.75, 3.05) is 0 Å². The minimum Gasteiger partial charge on any atom is -0.271 e. The second kappa shape index (κ2) is 5.45. The van der Waals surface area contributed by atoms with Gasteiger partial charge in [0, 0.05) is 0 Å². The molecule has 0 saturated heterocycles. The third-order valence-electron chi connectivity index (χ3n) is 3.68. The molecule has 3 N–H and O–H groups in total. The summed E-state index contributed by atoms with van der Waals surface area (Å²) in [7, 11) is 0. The lowest BCUT2D eigenvalue weighted by Gasteiger charge is -2.17. The molecule has 20 heavy (non-hydrogen) atoms. The molecule has 0 aromatic heterocycles. The van der Waals surface area contributed by atoms with Crippen LogP contribution in [0.3, 0.4) is 0 Å². The van der Waals surface area contributed by atoms with Gasteiger partial charge in [-0.25, -0.2) is 5.43 Å². The first-order valence-corrected chi connectivity index (χ1v) is 6.79. The minimum absolute atomic E-state index is 0.0141. The standard InChI is InChI=1S/C18H18N2/c1-13-6-8-15(9-7-13)18(20-19)17-11-10-14-4-2-3-5-16(14)12-17/h2-12,18,20H,19H2,1H3. The predicted octanol–water partition coefficient (Wildman–Crippen LogP) is 3.70. The second-order valence-electron chi connectivity index (χ2n) is 5.12. The van der Waals surface area contributed by atoms with Gasteiger partial charge >= 0.3 is 0 Å². The molecule has 0 aliphatic rings. The average Bonchev–Trinajstić information content (AvgIpc) is 2.50. The monoisotopic (exact) mass is 262 g/mol. The lowest BCUT2D eigenvalue weighted by molar-refractivity contribution is 0.637. The summed E-state index contributed by atoms with van der Waals surface area (Å²) >= 11 is 0. The summed E-state index contributed by atoms with van der Waals surface area (Å²) in [4.78, 5) is 0. The van der Waals surface area contributed by atoms with E-state index in [-0.39, 0.29) is 6.04 Å². The Balaban J connectivity index is 2.04. The zero-order valence-electron chi connectivity index (χ0n) is 11.5. The molecule has 2 heteroatoms. The molecule has 0 heterocycles. The Labute approximate surface area is 119 Å². The van der Waals surface area contributed by atoms with E-state index in [0.717, 1.165) is 0 Å². The van der Waals surface area contributed by atoms with Crippen LogP contribution in [0.4, 0.5) is 0 Å². The number of aryl methyl sites for hydroxylation is 1. The van der Waals surface area contributed by atoms with Crippen LogP contribution in [-0.2, 0) is 0 Å². The molecule has 3 aromatic rings. The first-order chi connectivity index (χ1) is 9.78. The average molecular weight is 262 g/mol. The van der Waals surface area contributed by atoms with Gasteiger partial charge in [0.2, 0.25) is 0 Å². The maximum Gasteiger partial charge on any atom is 0.0710 e. The summed E-state index contributed by atoms with van der Waals surface area (Å²) in [6.07, 6.45) is 0. The summed E-state index contributed by atoms with van der Waals surface area (Å²) in [6, 6.07) is 23.3. The van der Waals surface area contributed by atoms with E-state index in [4.69, 9.17) is 5.84 Å². The van der Waals surface area contributed by atoms with E-state index < -0.39 is 0 Å². The van der Waals surface area contributed by atoms with Gasteiger partial charge < -0.3 is 0 Å². The fourth-order valence-corrected chi connectivity index (χ4v) is 2.53. The largest absolute Gasteiger partial charge is 0.271 e. The van der Waals surface area contributed by atoms with E-state index in [1.54, 1.807) is 0 Å². The quantitative estimate of drug-likeness (QED) is 0.558. The van der Waals surface area contributed by atoms with Crippen LogP contribution in [0.1, 0.15) is 22.7 Å². The topological polar surface area (TPSA) is 38.0 Å². The Bertz CT molecular complexity index is 717. The lowest BCUT2D eigenvalue weighted by atomic mass is 9.96. The fourth-order valence-electron chi connectivity index (χ4n) is 2.53. The number of hydrazine groups is 1. The van der Waals surface area contributed by atoms with Crippen molar-refractivity contribution < 1.29 is 0 Å². The second-order valence-corrected chi connectivity index (χ2v) is 5.12. The highest BCUT2D eigenvalue weighted by Crippen LogP contribution is 2.25. The first kappa shape index (κ1) is 12.9. The zero-order valence-corrected chi connectivity index (χ0v) is 11.5. The summed E-state index contributed by atoms with van der Waals surface area (Å²) in [5, 5.41) is 2.48. The highest BCUT2D eigenvalue weighted by Gasteiger charge is 2.12. The van der Waals surface area contributed by atoms with Crippen molar-refractivity contribution in [3.8, 4) is 0 Å². The molecule has 0 spiro atoms. The Hall–Kier alpha value is -2.16. The molecule has 0 fully saturated rings. The van der Waals surface area contributed by atoms with E-state index in [2.05, 4.69) is 79.1 Å². The molecule has 0 aliphatic carbocycles. The van der Waals surface area contributed by atoms with Gasteiger partial charge in [-0.3, -0.25) is 5.84 Å². The molecule has 2 nitrogen and oxygen atoms in total. The summed E-state index contributed by atoms with van der Waals surface area (Å²) in [5.74, 6) is 5.77. The SMILES string of the molecule is Cc1ccc(C(NN)c2ccc3ccccc3c2)cc1. The number of nitrogens with one attached hydrogen (secondary N) is 1. The van der Waals surface area contributed by atoms with Gasteiger partial charge in [0.15, 0.2) is 0 Å². The molecular formula is C18H18N2. The maximum atomic E-state index is 5.77. The van der Waals surface area contributed by atoms with Crippen LogP contribution in [0.15, 0.2) is 66.7 Å². The maximum absolute atomic E-state index is 5.77. The molecule has 3 aromatic carbocycles. The summed E-state index contributed by atoms with van der Waals surface area (Å²) in [6.45, 7) is 2.09. The van der Waals surface area contributed by atoms with E-state index in [1.165, 1.54) is 27.5 Å². The van der Waals surface area contributed by atoms with Gasteiger partial charge in [-0.2, -0.15) is 0 Å². The molecule has 100 valence electrons. The molecule has 3 rings (SSSR count). The van der Waals surface area contributed by atoms with Crippen molar-refractivity contribution in [3.63, 3.8) is 0 Å². The lowest BCUT2D eigenvalue weighted by Crippen LogP contribution is -2.28. The van der Waals surface area contributed by atoms with Crippen LogP contribution in [-0.4, -0.2) is 0 Å². The van der Waals surface area contributed by atoms with Crippen LogP contribution in [0, 0.1) is 6.92 Å². The van der Waals surface area contributed by atoms with Crippen LogP contribution in [0.5, 0.6) is 0 Å². The Kier molecular flexibility index (Phi) is 3.50. The van der Waals surface area contributed by atoms with Gasteiger partial charge in [0.1, 0.15) is 0 Å². The molecule has 1 atom stereocenters. The molecular weight excluding hydrogens is 244 g/mol. The van der Waals surface area contributed by atoms with Crippen molar-refractivity contribution >= 4 is 10.8 Å². The summed E-state index contributed by atoms with van der Waals surface area (Å²) < 4.78 is 0. The van der Waals surface area contributed by atoms with Crippen LogP contribution >= 0.6 is 0 Å². The molecule has 1 unspecified atom stereocenters. The van der Waals surface area contributed by atoms with Gasteiger partial charge in [0.05, 0.1) is 6.04 Å². The van der Waals surface area contributed by atoms with Crippen molar-refractivity contribution in [2.45, 2.75) is 13.0 Å². The van der Waals surface area contributed by atoms with Crippen molar-refractivity contribution in [1.29, 1.82) is 0 Å². The van der Waals surface area contributed by atoms with Crippen LogP contribution in [0.2, 0.25) is 0 Å². The van der Waals surface area contributed by atoms with E-state index in [0.29, 0.717) is 0 Å². The van der Waals surface area contributed by atoms with E-state index in [1.807, 2.05) is 0 Å². The number of rotatable bonds is 3. The number of fused-ring (bicyclic) bond motifs is 1. The highest BCUT2D eigenvalue weighted by molar-refractivity contribution is 5.83. The van der Waals surface area contributed by atoms with Crippen molar-refractivity contribution in [3.05, 3.63) is 83.4 Å². The Morgan fingerprint density at radius 2 is 1.45 bits per heavy atom. The van der Waals surface area contributed by atoms with Crippen LogP contribution < -0.4 is 11.3 Å². The Morgan fingerprint density at radius 1 is 0.800 bits per heavy atom. The van der Waals surface area contributed by atoms with Gasteiger partial charge in [-0.15, -0.1) is 0 Å². The number of nitrogens with two attached hydrogens (primary N) is 1. The third kappa shape index (κ3) is 2.44. The van der Waals surface area contributed by atoms with Gasteiger partial charge in [-0.05, 0) is 34.9 Å². The highest BCUT2D eigenvalue weighted by atomic mass is 15.2. The van der Waals surface area contributed by atoms with Crippen molar-refractivity contribution in [1.82, 2.24) is 5.43 Å². The first-order valence-electron chi connectivity index (χ1n) is 6.79. The smallest absolute Gasteiger partial charge is 0.0710 e. The molecule has 0 aliphatic heterocycles. The number of hydrogen-bond donors (Lipinski definition) is 2. The van der Waals surface area contributed by atoms with Crippen molar-refractivity contribution in [2.24, 2.45) is 5.84 Å². The van der Waals surface area contributed by atoms with Gasteiger partial charge in [-0.1, -0.05) is 66.2 Å². The van der Waals surface area contributed by atoms with E-state index >= 15 is 0 Å². The minimum atomic E-state index is 0.0141. The number of benzene rings is 3. The number of hydrogen-bond acceptors (Lipinski definition) is 2. The predicted molar refractivity (Wildman–Crippen MR) is 84.3 cm³/mol. The molecule has 0 saturated carbocycles.